The lowest BCUT2D eigenvalue weighted by atomic mass is 9.69. The fraction of sp³-hybridized carbons (Fsp3) is 0.417. The van der Waals surface area contributed by atoms with Gasteiger partial charge in [-0.25, -0.2) is 21.6 Å². The Hall–Kier alpha value is -2.61. The maximum Gasteiger partial charge on any atom is 0.255 e. The Kier molecular flexibility index (Phi) is 6.64. The number of hydrogen-bond acceptors (Lipinski definition) is 5. The van der Waals surface area contributed by atoms with Crippen molar-refractivity contribution >= 4 is 33.0 Å². The van der Waals surface area contributed by atoms with Gasteiger partial charge in [0.1, 0.15) is 0 Å². The molecule has 35 heavy (non-hydrogen) atoms. The molecule has 0 spiro atoms. The minimum Gasteiger partial charge on any atom is -0.395 e. The molecule has 2 unspecified atom stereocenters. The van der Waals surface area contributed by atoms with Gasteiger partial charge in [-0.15, -0.1) is 0 Å². The predicted octanol–water partition coefficient (Wildman–Crippen LogP) is 4.72. The summed E-state index contributed by atoms with van der Waals surface area (Å²) >= 11 is 6.24. The van der Waals surface area contributed by atoms with Crippen LogP contribution in [0.2, 0.25) is 5.02 Å². The second kappa shape index (κ2) is 9.12. The van der Waals surface area contributed by atoms with Crippen LogP contribution in [0.3, 0.4) is 0 Å². The molecule has 2 N–H and O–H groups in total. The summed E-state index contributed by atoms with van der Waals surface area (Å²) in [5, 5.41) is 20.7. The predicted molar refractivity (Wildman–Crippen MR) is 122 cm³/mol. The lowest BCUT2D eigenvalue weighted by Crippen LogP contribution is -2.44. The number of amides is 1. The van der Waals surface area contributed by atoms with Crippen LogP contribution in [-0.2, 0) is 9.84 Å². The molecular formula is C24H22ClF3N2O4S. The van der Waals surface area contributed by atoms with Gasteiger partial charge in [0, 0.05) is 23.4 Å². The van der Waals surface area contributed by atoms with Crippen LogP contribution in [-0.4, -0.2) is 31.3 Å². The Balaban J connectivity index is 1.66. The average Bonchev–Trinajstić information content (AvgIpc) is 3.03. The SMILES string of the molecule is C[C@H]1C[C@@H]2C[C@@](C#N)(CO)CC1C2S(=O)(=O)c1cc(C(=O)Nc2cc(F)c(F)c(F)c2)ccc1Cl. The molecule has 0 aliphatic heterocycles. The quantitative estimate of drug-likeness (QED) is 0.548. The van der Waals surface area contributed by atoms with Crippen LogP contribution in [0.1, 0.15) is 36.5 Å². The van der Waals surface area contributed by atoms with Crippen LogP contribution < -0.4 is 5.32 Å². The Morgan fingerprint density at radius 1 is 1.23 bits per heavy atom. The van der Waals surface area contributed by atoms with Gasteiger partial charge in [-0.2, -0.15) is 5.26 Å². The summed E-state index contributed by atoms with van der Waals surface area (Å²) in [4.78, 5) is 12.4. The van der Waals surface area contributed by atoms with E-state index in [1.165, 1.54) is 12.1 Å². The van der Waals surface area contributed by atoms with Crippen LogP contribution in [0.15, 0.2) is 35.2 Å². The molecule has 2 aromatic rings. The molecule has 2 aliphatic rings. The zero-order chi connectivity index (χ0) is 25.7. The van der Waals surface area contributed by atoms with E-state index in [2.05, 4.69) is 11.4 Å². The van der Waals surface area contributed by atoms with Crippen molar-refractivity contribution < 1.29 is 31.5 Å². The van der Waals surface area contributed by atoms with E-state index >= 15 is 0 Å². The van der Waals surface area contributed by atoms with E-state index < -0.39 is 43.9 Å². The van der Waals surface area contributed by atoms with Crippen molar-refractivity contribution in [3.63, 3.8) is 0 Å². The van der Waals surface area contributed by atoms with Crippen LogP contribution in [0.5, 0.6) is 0 Å². The minimum atomic E-state index is -4.05. The molecule has 0 heterocycles. The van der Waals surface area contributed by atoms with Gasteiger partial charge in [0.2, 0.25) is 0 Å². The Bertz CT molecular complexity index is 1320. The summed E-state index contributed by atoms with van der Waals surface area (Å²) in [6, 6.07) is 6.99. The highest BCUT2D eigenvalue weighted by molar-refractivity contribution is 7.92. The standard InChI is InChI=1S/C24H22ClF3N2O4S/c1-12-4-14-8-24(10-29,11-31)9-16(12)22(14)35(33,34)20-5-13(2-3-17(20)25)23(32)30-15-6-18(26)21(28)19(27)7-15/h2-3,5-7,12,14,16,22,31H,4,8-9,11H2,1H3,(H,30,32)/t12-,14+,16?,22?,24+/m0/s1. The zero-order valence-corrected chi connectivity index (χ0v) is 20.1. The van der Waals surface area contributed by atoms with Gasteiger partial charge in [-0.3, -0.25) is 4.79 Å². The fourth-order valence-corrected chi connectivity index (χ4v) is 8.50. The van der Waals surface area contributed by atoms with E-state index in [0.29, 0.717) is 18.6 Å². The highest BCUT2D eigenvalue weighted by atomic mass is 35.5. The van der Waals surface area contributed by atoms with E-state index in [-0.39, 0.29) is 58.4 Å². The van der Waals surface area contributed by atoms with Crippen molar-refractivity contribution in [2.75, 3.05) is 11.9 Å². The Morgan fingerprint density at radius 2 is 1.89 bits per heavy atom. The number of halogens is 4. The third-order valence-electron chi connectivity index (χ3n) is 7.21. The summed E-state index contributed by atoms with van der Waals surface area (Å²) in [5.41, 5.74) is -1.46. The molecule has 0 radical (unpaired) electrons. The average molecular weight is 527 g/mol. The largest absolute Gasteiger partial charge is 0.395 e. The van der Waals surface area contributed by atoms with Gasteiger partial charge in [-0.1, -0.05) is 18.5 Å². The summed E-state index contributed by atoms with van der Waals surface area (Å²) in [7, 11) is -4.05. The second-order valence-corrected chi connectivity index (χ2v) is 11.9. The summed E-state index contributed by atoms with van der Waals surface area (Å²) in [6.45, 7) is 1.57. The highest BCUT2D eigenvalue weighted by Crippen LogP contribution is 2.56. The molecule has 5 atom stereocenters. The smallest absolute Gasteiger partial charge is 0.255 e. The van der Waals surface area contributed by atoms with E-state index in [9.17, 15) is 36.8 Å². The van der Waals surface area contributed by atoms with E-state index in [0.717, 1.165) is 6.07 Å². The third-order valence-corrected chi connectivity index (χ3v) is 10.1. The molecule has 4 rings (SSSR count). The van der Waals surface area contributed by atoms with Crippen LogP contribution in [0.4, 0.5) is 18.9 Å². The van der Waals surface area contributed by atoms with Crippen molar-refractivity contribution in [1.29, 1.82) is 5.26 Å². The van der Waals surface area contributed by atoms with E-state index in [1.807, 2.05) is 6.92 Å². The normalized spacial score (nSPS) is 27.9. The van der Waals surface area contributed by atoms with Crippen molar-refractivity contribution in [1.82, 2.24) is 0 Å². The molecular weight excluding hydrogens is 505 g/mol. The zero-order valence-electron chi connectivity index (χ0n) is 18.6. The maximum atomic E-state index is 13.8. The van der Waals surface area contributed by atoms with E-state index in [1.54, 1.807) is 0 Å². The first kappa shape index (κ1) is 25.5. The van der Waals surface area contributed by atoms with Gasteiger partial charge < -0.3 is 10.4 Å². The number of fused-ring (bicyclic) bond motifs is 2. The number of carbonyl (C=O) groups excluding carboxylic acids is 1. The molecule has 0 saturated heterocycles. The Labute approximate surface area is 205 Å². The minimum absolute atomic E-state index is 0.00933. The molecule has 2 aliphatic carbocycles. The second-order valence-electron chi connectivity index (χ2n) is 9.46. The lowest BCUT2D eigenvalue weighted by Gasteiger charge is -2.39. The molecule has 2 aromatic carbocycles. The van der Waals surface area contributed by atoms with Gasteiger partial charge in [0.25, 0.3) is 5.91 Å². The first-order valence-electron chi connectivity index (χ1n) is 10.9. The number of nitriles is 1. The van der Waals surface area contributed by atoms with Gasteiger partial charge in [0.15, 0.2) is 27.3 Å². The molecule has 6 nitrogen and oxygen atoms in total. The van der Waals surface area contributed by atoms with E-state index in [4.69, 9.17) is 11.6 Å². The van der Waals surface area contributed by atoms with Crippen LogP contribution in [0.25, 0.3) is 0 Å². The maximum absolute atomic E-state index is 13.8. The highest BCUT2D eigenvalue weighted by Gasteiger charge is 2.57. The third kappa shape index (κ3) is 4.41. The fourth-order valence-electron chi connectivity index (χ4n) is 5.59. The molecule has 2 fully saturated rings. The summed E-state index contributed by atoms with van der Waals surface area (Å²) in [6.07, 6.45) is 1.06. The molecule has 1 amide bonds. The van der Waals surface area contributed by atoms with Crippen molar-refractivity contribution in [3.05, 3.63) is 58.4 Å². The summed E-state index contributed by atoms with van der Waals surface area (Å²) in [5.74, 6) is -6.25. The number of carbonyl (C=O) groups is 1. The number of benzene rings is 2. The lowest BCUT2D eigenvalue weighted by molar-refractivity contribution is 0.0981. The van der Waals surface area contributed by atoms with Gasteiger partial charge in [-0.05, 0) is 55.2 Å². The Morgan fingerprint density at radius 3 is 2.46 bits per heavy atom. The molecule has 186 valence electrons. The summed E-state index contributed by atoms with van der Waals surface area (Å²) < 4.78 is 67.7. The van der Waals surface area contributed by atoms with Crippen LogP contribution in [0, 0.1) is 52.0 Å². The first-order valence-corrected chi connectivity index (χ1v) is 12.9. The monoisotopic (exact) mass is 526 g/mol. The molecule has 2 saturated carbocycles. The van der Waals surface area contributed by atoms with Crippen molar-refractivity contribution in [2.45, 2.75) is 36.3 Å². The number of nitrogens with zero attached hydrogens (tertiary/aromatic N) is 1. The van der Waals surface area contributed by atoms with Crippen molar-refractivity contribution in [2.24, 2.45) is 23.2 Å². The molecule has 2 bridgehead atoms. The molecule has 0 aromatic heterocycles. The van der Waals surface area contributed by atoms with Gasteiger partial charge in [0.05, 0.1) is 33.3 Å². The number of sulfone groups is 1. The van der Waals surface area contributed by atoms with Gasteiger partial charge >= 0.3 is 0 Å². The number of aliphatic hydroxyl groups is 1. The molecule has 11 heteroatoms. The number of rotatable bonds is 5. The number of anilines is 1. The number of aliphatic hydroxyl groups excluding tert-OH is 1. The van der Waals surface area contributed by atoms with Crippen molar-refractivity contribution in [3.8, 4) is 6.07 Å². The number of nitrogens with one attached hydrogen (secondary N) is 1. The number of hydrogen-bond donors (Lipinski definition) is 2. The van der Waals surface area contributed by atoms with Crippen LogP contribution >= 0.6 is 11.6 Å². The topological polar surface area (TPSA) is 107 Å². The first-order chi connectivity index (χ1) is 16.4.